The Hall–Kier alpha value is -2.96. The van der Waals surface area contributed by atoms with Gasteiger partial charge in [-0.1, -0.05) is 31.2 Å². The van der Waals surface area contributed by atoms with Crippen molar-refractivity contribution in [3.63, 3.8) is 0 Å². The molecule has 1 aromatic heterocycles. The second-order valence-electron chi connectivity index (χ2n) is 5.49. The second kappa shape index (κ2) is 7.54. The average Bonchev–Trinajstić information content (AvgIpc) is 2.56. The van der Waals surface area contributed by atoms with Gasteiger partial charge in [-0.05, 0) is 24.5 Å². The highest BCUT2D eigenvalue weighted by atomic mass is 16.6. The van der Waals surface area contributed by atoms with Gasteiger partial charge in [0.05, 0.1) is 17.2 Å². The molecule has 0 fully saturated rings. The van der Waals surface area contributed by atoms with Gasteiger partial charge < -0.3 is 5.32 Å². The molecule has 0 aliphatic rings. The lowest BCUT2D eigenvalue weighted by Crippen LogP contribution is -2.33. The first-order valence-corrected chi connectivity index (χ1v) is 7.63. The Morgan fingerprint density at radius 2 is 1.92 bits per heavy atom. The van der Waals surface area contributed by atoms with Gasteiger partial charge in [0.1, 0.15) is 6.54 Å². The van der Waals surface area contributed by atoms with Crippen LogP contribution in [0.15, 0.2) is 47.4 Å². The molecule has 0 unspecified atom stereocenters. The van der Waals surface area contributed by atoms with Gasteiger partial charge in [-0.25, -0.2) is 0 Å². The molecule has 0 aliphatic carbocycles. The van der Waals surface area contributed by atoms with Crippen molar-refractivity contribution in [1.29, 1.82) is 0 Å². The molecule has 2 aromatic rings. The van der Waals surface area contributed by atoms with E-state index in [9.17, 15) is 19.7 Å². The summed E-state index contributed by atoms with van der Waals surface area (Å²) in [6.45, 7) is 3.64. The highest BCUT2D eigenvalue weighted by molar-refractivity contribution is 5.76. The first kappa shape index (κ1) is 17.4. The molecule has 0 bridgehead atoms. The normalized spacial score (nSPS) is 11.8. The summed E-state index contributed by atoms with van der Waals surface area (Å²) in [6.07, 6.45) is 2.01. The van der Waals surface area contributed by atoms with Crippen molar-refractivity contribution in [2.75, 3.05) is 0 Å². The fourth-order valence-corrected chi connectivity index (χ4v) is 2.32. The van der Waals surface area contributed by atoms with Crippen molar-refractivity contribution in [1.82, 2.24) is 9.88 Å². The van der Waals surface area contributed by atoms with E-state index in [4.69, 9.17) is 0 Å². The van der Waals surface area contributed by atoms with Crippen molar-refractivity contribution in [2.45, 2.75) is 32.9 Å². The summed E-state index contributed by atoms with van der Waals surface area (Å²) >= 11 is 0. The zero-order chi connectivity index (χ0) is 17.7. The van der Waals surface area contributed by atoms with Gasteiger partial charge in [-0.15, -0.1) is 0 Å². The number of rotatable bonds is 6. The van der Waals surface area contributed by atoms with Crippen LogP contribution in [0.1, 0.15) is 31.0 Å². The van der Waals surface area contributed by atoms with E-state index >= 15 is 0 Å². The number of nitrogens with zero attached hydrogens (tertiary/aromatic N) is 2. The van der Waals surface area contributed by atoms with Crippen LogP contribution in [0.3, 0.4) is 0 Å². The molecule has 1 N–H and O–H groups in total. The zero-order valence-corrected chi connectivity index (χ0v) is 13.6. The number of hydrogen-bond acceptors (Lipinski definition) is 4. The van der Waals surface area contributed by atoms with Gasteiger partial charge >= 0.3 is 0 Å². The standard InChI is InChI=1S/C17H19N3O4/c1-3-13-4-6-14(7-5-13)12(2)18-16(21)11-19-10-15(20(23)24)8-9-17(19)22/h4-10,12H,3,11H2,1-2H3,(H,18,21)/t12-/m1/s1. The predicted molar refractivity (Wildman–Crippen MR) is 89.7 cm³/mol. The van der Waals surface area contributed by atoms with Crippen molar-refractivity contribution < 1.29 is 9.72 Å². The molecule has 0 radical (unpaired) electrons. The number of amides is 1. The highest BCUT2D eigenvalue weighted by Crippen LogP contribution is 2.14. The Labute approximate surface area is 139 Å². The molecule has 1 heterocycles. The quantitative estimate of drug-likeness (QED) is 0.649. The molecule has 1 atom stereocenters. The summed E-state index contributed by atoms with van der Waals surface area (Å²) in [5, 5.41) is 13.5. The minimum atomic E-state index is -0.605. The maximum Gasteiger partial charge on any atom is 0.285 e. The molecule has 0 saturated carbocycles. The third-order valence-corrected chi connectivity index (χ3v) is 3.76. The van der Waals surface area contributed by atoms with E-state index in [0.717, 1.165) is 34.9 Å². The number of hydrogen-bond donors (Lipinski definition) is 1. The van der Waals surface area contributed by atoms with Crippen LogP contribution < -0.4 is 10.9 Å². The largest absolute Gasteiger partial charge is 0.348 e. The van der Waals surface area contributed by atoms with Gasteiger partial charge in [0.25, 0.3) is 11.2 Å². The summed E-state index contributed by atoms with van der Waals surface area (Å²) in [7, 11) is 0. The lowest BCUT2D eigenvalue weighted by molar-refractivity contribution is -0.385. The van der Waals surface area contributed by atoms with Crippen LogP contribution in [-0.2, 0) is 17.8 Å². The summed E-state index contributed by atoms with van der Waals surface area (Å²) in [6, 6.07) is 9.88. The maximum absolute atomic E-state index is 12.1. The lowest BCUT2D eigenvalue weighted by Gasteiger charge is -2.15. The van der Waals surface area contributed by atoms with Gasteiger partial charge in [0, 0.05) is 12.1 Å². The maximum atomic E-state index is 12.1. The summed E-state index contributed by atoms with van der Waals surface area (Å²) in [4.78, 5) is 34.0. The third-order valence-electron chi connectivity index (χ3n) is 3.76. The molecule has 7 heteroatoms. The molecule has 2 rings (SSSR count). The molecular weight excluding hydrogens is 310 g/mol. The smallest absolute Gasteiger partial charge is 0.285 e. The highest BCUT2D eigenvalue weighted by Gasteiger charge is 2.13. The first-order chi connectivity index (χ1) is 11.4. The first-order valence-electron chi connectivity index (χ1n) is 7.63. The van der Waals surface area contributed by atoms with Crippen LogP contribution in [-0.4, -0.2) is 15.4 Å². The Morgan fingerprint density at radius 1 is 1.25 bits per heavy atom. The summed E-state index contributed by atoms with van der Waals surface area (Å²) < 4.78 is 1.03. The Morgan fingerprint density at radius 3 is 2.50 bits per heavy atom. The number of pyridine rings is 1. The topological polar surface area (TPSA) is 94.2 Å². The van der Waals surface area contributed by atoms with Crippen molar-refractivity contribution in [3.8, 4) is 0 Å². The third kappa shape index (κ3) is 4.28. The average molecular weight is 329 g/mol. The Kier molecular flexibility index (Phi) is 5.47. The van der Waals surface area contributed by atoms with Crippen molar-refractivity contribution in [2.24, 2.45) is 0 Å². The van der Waals surface area contributed by atoms with Gasteiger partial charge in [-0.2, -0.15) is 0 Å². The van der Waals surface area contributed by atoms with E-state index < -0.39 is 10.5 Å². The van der Waals surface area contributed by atoms with E-state index in [-0.39, 0.29) is 24.2 Å². The van der Waals surface area contributed by atoms with Crippen molar-refractivity contribution in [3.05, 3.63) is 74.2 Å². The lowest BCUT2D eigenvalue weighted by atomic mass is 10.1. The fourth-order valence-electron chi connectivity index (χ4n) is 2.32. The van der Waals surface area contributed by atoms with Crippen molar-refractivity contribution >= 4 is 11.6 Å². The summed E-state index contributed by atoms with van der Waals surface area (Å²) in [5.74, 6) is -0.385. The molecule has 7 nitrogen and oxygen atoms in total. The molecule has 0 saturated heterocycles. The van der Waals surface area contributed by atoms with E-state index in [2.05, 4.69) is 12.2 Å². The molecule has 0 aliphatic heterocycles. The molecule has 0 spiro atoms. The number of benzene rings is 1. The van der Waals surface area contributed by atoms with Crippen LogP contribution in [0.2, 0.25) is 0 Å². The molecular formula is C17H19N3O4. The minimum absolute atomic E-state index is 0.224. The van der Waals surface area contributed by atoms with Crippen LogP contribution >= 0.6 is 0 Å². The Balaban J connectivity index is 2.06. The van der Waals surface area contributed by atoms with Crippen LogP contribution in [0.25, 0.3) is 0 Å². The summed E-state index contributed by atoms with van der Waals surface area (Å²) in [5.41, 5.74) is 1.47. The minimum Gasteiger partial charge on any atom is -0.348 e. The number of aryl methyl sites for hydroxylation is 1. The fraction of sp³-hybridized carbons (Fsp3) is 0.294. The van der Waals surface area contributed by atoms with Crippen LogP contribution in [0.5, 0.6) is 0 Å². The molecule has 126 valence electrons. The second-order valence-corrected chi connectivity index (χ2v) is 5.49. The molecule has 1 amide bonds. The van der Waals surface area contributed by atoms with Crippen LogP contribution in [0, 0.1) is 10.1 Å². The zero-order valence-electron chi connectivity index (χ0n) is 13.6. The number of carbonyl (C=O) groups is 1. The van der Waals surface area contributed by atoms with Gasteiger partial charge in [-0.3, -0.25) is 24.3 Å². The van der Waals surface area contributed by atoms with E-state index in [1.54, 1.807) is 0 Å². The predicted octanol–water partition coefficient (Wildman–Crippen LogP) is 2.20. The number of nitro groups is 1. The SMILES string of the molecule is CCc1ccc([C@@H](C)NC(=O)Cn2cc([N+](=O)[O-])ccc2=O)cc1. The number of aromatic nitrogens is 1. The molecule has 1 aromatic carbocycles. The number of carbonyl (C=O) groups excluding carboxylic acids is 1. The van der Waals surface area contributed by atoms with E-state index in [1.807, 2.05) is 31.2 Å². The van der Waals surface area contributed by atoms with E-state index in [1.165, 1.54) is 5.56 Å². The van der Waals surface area contributed by atoms with Crippen LogP contribution in [0.4, 0.5) is 5.69 Å². The Bertz CT molecular complexity index is 796. The monoisotopic (exact) mass is 329 g/mol. The number of nitrogens with one attached hydrogen (secondary N) is 1. The molecule has 24 heavy (non-hydrogen) atoms. The van der Waals surface area contributed by atoms with Gasteiger partial charge in [0.2, 0.25) is 5.91 Å². The van der Waals surface area contributed by atoms with Gasteiger partial charge in [0.15, 0.2) is 0 Å². The van der Waals surface area contributed by atoms with E-state index in [0.29, 0.717) is 0 Å².